The minimum absolute atomic E-state index is 0.187. The lowest BCUT2D eigenvalue weighted by Gasteiger charge is -2.28. The van der Waals surface area contributed by atoms with E-state index in [2.05, 4.69) is 10.4 Å². The molecule has 0 fully saturated rings. The van der Waals surface area contributed by atoms with Crippen LogP contribution in [0.15, 0.2) is 30.3 Å². The highest BCUT2D eigenvalue weighted by Crippen LogP contribution is 2.17. The van der Waals surface area contributed by atoms with Crippen molar-refractivity contribution in [1.82, 2.24) is 20.0 Å². The summed E-state index contributed by atoms with van der Waals surface area (Å²) < 4.78 is 1.89. The molecule has 1 aromatic heterocycles. The van der Waals surface area contributed by atoms with Gasteiger partial charge in [-0.2, -0.15) is 5.10 Å². The van der Waals surface area contributed by atoms with Crippen LogP contribution in [0.25, 0.3) is 5.69 Å². The quantitative estimate of drug-likeness (QED) is 0.846. The topological polar surface area (TPSA) is 70.4 Å². The number of nitrogens with zero attached hydrogens (tertiary/aromatic N) is 3. The Morgan fingerprint density at radius 1 is 1.32 bits per heavy atom. The zero-order chi connectivity index (χ0) is 18.6. The molecule has 2 N–H and O–H groups in total. The standard InChI is InChI=1S/C19H28N4O2/c1-6-22(13-19(4,5)25)18(24)20-12-16-9-7-8-10-17(16)23-15(3)11-14(2)21-23/h7-11,25H,6,12-13H2,1-5H3,(H,20,24). The van der Waals surface area contributed by atoms with E-state index in [1.54, 1.807) is 18.7 Å². The Balaban J connectivity index is 2.14. The van der Waals surface area contributed by atoms with Crippen LogP contribution < -0.4 is 5.32 Å². The van der Waals surface area contributed by atoms with Gasteiger partial charge in [-0.05, 0) is 52.3 Å². The molecule has 1 aromatic carbocycles. The fourth-order valence-electron chi connectivity index (χ4n) is 2.82. The van der Waals surface area contributed by atoms with Gasteiger partial charge >= 0.3 is 6.03 Å². The Morgan fingerprint density at radius 2 is 2.00 bits per heavy atom. The molecule has 0 radical (unpaired) electrons. The summed E-state index contributed by atoms with van der Waals surface area (Å²) in [4.78, 5) is 14.0. The van der Waals surface area contributed by atoms with Gasteiger partial charge in [0.05, 0.1) is 23.5 Å². The average Bonchev–Trinajstić information content (AvgIpc) is 2.88. The van der Waals surface area contributed by atoms with Crippen LogP contribution in [-0.4, -0.2) is 44.5 Å². The maximum Gasteiger partial charge on any atom is 0.317 e. The van der Waals surface area contributed by atoms with Crippen molar-refractivity contribution in [3.05, 3.63) is 47.3 Å². The number of nitrogens with one attached hydrogen (secondary N) is 1. The van der Waals surface area contributed by atoms with Crippen LogP contribution in [0.5, 0.6) is 0 Å². The molecule has 25 heavy (non-hydrogen) atoms. The molecule has 1 heterocycles. The molecule has 2 rings (SSSR count). The van der Waals surface area contributed by atoms with Crippen molar-refractivity contribution in [2.24, 2.45) is 0 Å². The highest BCUT2D eigenvalue weighted by Gasteiger charge is 2.21. The van der Waals surface area contributed by atoms with E-state index < -0.39 is 5.60 Å². The minimum atomic E-state index is -0.922. The Labute approximate surface area is 149 Å². The number of hydrogen-bond acceptors (Lipinski definition) is 3. The van der Waals surface area contributed by atoms with E-state index in [4.69, 9.17) is 0 Å². The highest BCUT2D eigenvalue weighted by atomic mass is 16.3. The van der Waals surface area contributed by atoms with Crippen molar-refractivity contribution in [3.8, 4) is 5.69 Å². The predicted molar refractivity (Wildman–Crippen MR) is 98.8 cm³/mol. The first kappa shape index (κ1) is 19.0. The number of rotatable bonds is 6. The van der Waals surface area contributed by atoms with E-state index >= 15 is 0 Å². The molecule has 136 valence electrons. The molecule has 0 saturated heterocycles. The van der Waals surface area contributed by atoms with Crippen LogP contribution in [-0.2, 0) is 6.54 Å². The second-order valence-electron chi connectivity index (χ2n) is 6.95. The first-order valence-corrected chi connectivity index (χ1v) is 8.58. The number of carbonyl (C=O) groups is 1. The monoisotopic (exact) mass is 344 g/mol. The van der Waals surface area contributed by atoms with Crippen LogP contribution in [0.2, 0.25) is 0 Å². The van der Waals surface area contributed by atoms with Crippen LogP contribution in [0, 0.1) is 13.8 Å². The number of hydrogen-bond donors (Lipinski definition) is 2. The van der Waals surface area contributed by atoms with Gasteiger partial charge in [-0.3, -0.25) is 0 Å². The molecule has 0 atom stereocenters. The number of urea groups is 1. The van der Waals surface area contributed by atoms with Crippen molar-refractivity contribution in [3.63, 3.8) is 0 Å². The molecule has 0 aliphatic heterocycles. The summed E-state index contributed by atoms with van der Waals surface area (Å²) in [6, 6.07) is 9.73. The lowest BCUT2D eigenvalue weighted by Crippen LogP contribution is -2.46. The number of aliphatic hydroxyl groups is 1. The summed E-state index contributed by atoms with van der Waals surface area (Å²) in [5.74, 6) is 0. The molecule has 0 saturated carbocycles. The van der Waals surface area contributed by atoms with Crippen LogP contribution >= 0.6 is 0 Å². The fourth-order valence-corrected chi connectivity index (χ4v) is 2.82. The molecule has 0 spiro atoms. The normalized spacial score (nSPS) is 11.4. The third kappa shape index (κ3) is 5.06. The number of likely N-dealkylation sites (N-methyl/N-ethyl adjacent to an activating group) is 1. The van der Waals surface area contributed by atoms with E-state index in [-0.39, 0.29) is 12.6 Å². The zero-order valence-electron chi connectivity index (χ0n) is 15.7. The summed E-state index contributed by atoms with van der Waals surface area (Å²) in [5.41, 5.74) is 3.03. The molecule has 6 heteroatoms. The molecular formula is C19H28N4O2. The van der Waals surface area contributed by atoms with E-state index in [1.807, 2.05) is 55.8 Å². The molecular weight excluding hydrogens is 316 g/mol. The highest BCUT2D eigenvalue weighted by molar-refractivity contribution is 5.74. The van der Waals surface area contributed by atoms with Gasteiger partial charge in [-0.15, -0.1) is 0 Å². The summed E-state index contributed by atoms with van der Waals surface area (Å²) in [6.07, 6.45) is 0. The van der Waals surface area contributed by atoms with Gasteiger partial charge in [-0.1, -0.05) is 18.2 Å². The number of para-hydroxylation sites is 1. The molecule has 0 unspecified atom stereocenters. The third-order valence-corrected chi connectivity index (χ3v) is 3.91. The van der Waals surface area contributed by atoms with Crippen molar-refractivity contribution >= 4 is 6.03 Å². The Morgan fingerprint density at radius 3 is 2.56 bits per heavy atom. The van der Waals surface area contributed by atoms with Gasteiger partial charge in [-0.25, -0.2) is 9.48 Å². The van der Waals surface area contributed by atoms with Crippen molar-refractivity contribution in [2.45, 2.75) is 46.8 Å². The Kier molecular flexibility index (Phi) is 5.85. The number of carbonyl (C=O) groups excluding carboxylic acids is 1. The summed E-state index contributed by atoms with van der Waals surface area (Å²) in [6.45, 7) is 10.5. The van der Waals surface area contributed by atoms with Gasteiger partial charge in [0.15, 0.2) is 0 Å². The van der Waals surface area contributed by atoms with Crippen LogP contribution in [0.1, 0.15) is 37.7 Å². The lowest BCUT2D eigenvalue weighted by atomic mass is 10.1. The minimum Gasteiger partial charge on any atom is -0.389 e. The summed E-state index contributed by atoms with van der Waals surface area (Å²) in [5, 5.41) is 17.4. The van der Waals surface area contributed by atoms with Gasteiger partial charge in [0, 0.05) is 18.8 Å². The summed E-state index contributed by atoms with van der Waals surface area (Å²) in [7, 11) is 0. The van der Waals surface area contributed by atoms with Gasteiger partial charge in [0.25, 0.3) is 0 Å². The second-order valence-corrected chi connectivity index (χ2v) is 6.95. The fraction of sp³-hybridized carbons (Fsp3) is 0.474. The van der Waals surface area contributed by atoms with Crippen molar-refractivity contribution in [1.29, 1.82) is 0 Å². The van der Waals surface area contributed by atoms with Gasteiger partial charge in [0.1, 0.15) is 0 Å². The van der Waals surface area contributed by atoms with Crippen molar-refractivity contribution in [2.75, 3.05) is 13.1 Å². The largest absolute Gasteiger partial charge is 0.389 e. The molecule has 0 bridgehead atoms. The molecule has 6 nitrogen and oxygen atoms in total. The van der Waals surface area contributed by atoms with Crippen LogP contribution in [0.4, 0.5) is 4.79 Å². The van der Waals surface area contributed by atoms with E-state index in [9.17, 15) is 9.90 Å². The number of aromatic nitrogens is 2. The predicted octanol–water partition coefficient (Wildman–Crippen LogP) is 2.79. The first-order valence-electron chi connectivity index (χ1n) is 8.58. The number of benzene rings is 1. The van der Waals surface area contributed by atoms with Gasteiger partial charge < -0.3 is 15.3 Å². The number of amides is 2. The average molecular weight is 344 g/mol. The van der Waals surface area contributed by atoms with E-state index in [0.29, 0.717) is 13.1 Å². The third-order valence-electron chi connectivity index (χ3n) is 3.91. The SMILES string of the molecule is CCN(CC(C)(C)O)C(=O)NCc1ccccc1-n1nc(C)cc1C. The maximum atomic E-state index is 12.4. The van der Waals surface area contributed by atoms with Crippen molar-refractivity contribution < 1.29 is 9.90 Å². The lowest BCUT2D eigenvalue weighted by molar-refractivity contribution is 0.0480. The molecule has 0 aliphatic carbocycles. The van der Waals surface area contributed by atoms with E-state index in [1.165, 1.54) is 0 Å². The zero-order valence-corrected chi connectivity index (χ0v) is 15.7. The van der Waals surface area contributed by atoms with E-state index in [0.717, 1.165) is 22.6 Å². The summed E-state index contributed by atoms with van der Waals surface area (Å²) >= 11 is 0. The van der Waals surface area contributed by atoms with Gasteiger partial charge in [0.2, 0.25) is 0 Å². The van der Waals surface area contributed by atoms with Crippen LogP contribution in [0.3, 0.4) is 0 Å². The molecule has 2 amide bonds. The Hall–Kier alpha value is -2.34. The smallest absolute Gasteiger partial charge is 0.317 e. The first-order chi connectivity index (χ1) is 11.7. The Bertz CT molecular complexity index is 731. The maximum absolute atomic E-state index is 12.4. The second kappa shape index (κ2) is 7.70. The molecule has 2 aromatic rings. The molecule has 0 aliphatic rings. The number of aryl methyl sites for hydroxylation is 2.